The number of aromatic nitrogens is 4. The highest BCUT2D eigenvalue weighted by atomic mass is 32.2. The molecule has 0 amide bonds. The predicted octanol–water partition coefficient (Wildman–Crippen LogP) is 1.85. The quantitative estimate of drug-likeness (QED) is 0.752. The van der Waals surface area contributed by atoms with Crippen LogP contribution in [0.3, 0.4) is 0 Å². The molecule has 3 aromatic rings. The van der Waals surface area contributed by atoms with Crippen molar-refractivity contribution in [1.82, 2.24) is 24.2 Å². The fraction of sp³-hybridized carbons (Fsp3) is 0.412. The Kier molecular flexibility index (Phi) is 4.09. The van der Waals surface area contributed by atoms with E-state index in [1.807, 2.05) is 13.0 Å². The van der Waals surface area contributed by atoms with Gasteiger partial charge in [-0.05, 0) is 25.8 Å². The molecule has 1 N–H and O–H groups in total. The fourth-order valence-corrected chi connectivity index (χ4v) is 4.85. The van der Waals surface area contributed by atoms with E-state index < -0.39 is 15.8 Å². The maximum absolute atomic E-state index is 12.3. The van der Waals surface area contributed by atoms with Gasteiger partial charge in [0.2, 0.25) is 10.0 Å². The van der Waals surface area contributed by atoms with Crippen LogP contribution in [0, 0.1) is 18.3 Å². The fourth-order valence-electron chi connectivity index (χ4n) is 3.69. The van der Waals surface area contributed by atoms with Crippen LogP contribution in [0.1, 0.15) is 30.3 Å². The number of sulfonamides is 1. The number of fused-ring (bicyclic) bond motifs is 3. The van der Waals surface area contributed by atoms with Gasteiger partial charge in [-0.1, -0.05) is 0 Å². The number of pyridine rings is 1. The van der Waals surface area contributed by atoms with Gasteiger partial charge in [0, 0.05) is 41.7 Å². The normalized spacial score (nSPS) is 19.0. The first kappa shape index (κ1) is 16.9. The molecule has 1 aliphatic rings. The largest absolute Gasteiger partial charge is 0.347 e. The van der Waals surface area contributed by atoms with Gasteiger partial charge in [0.1, 0.15) is 5.82 Å². The molecule has 0 aromatic carbocycles. The molecule has 1 saturated heterocycles. The molecule has 4 rings (SSSR count). The van der Waals surface area contributed by atoms with Crippen molar-refractivity contribution < 1.29 is 8.42 Å². The zero-order valence-electron chi connectivity index (χ0n) is 14.3. The summed E-state index contributed by atoms with van der Waals surface area (Å²) >= 11 is 0. The van der Waals surface area contributed by atoms with Crippen molar-refractivity contribution in [2.24, 2.45) is 0 Å². The number of piperidine rings is 1. The van der Waals surface area contributed by atoms with Crippen molar-refractivity contribution >= 4 is 32.0 Å². The Bertz CT molecular complexity index is 1130. The molecule has 26 heavy (non-hydrogen) atoms. The molecule has 0 spiro atoms. The summed E-state index contributed by atoms with van der Waals surface area (Å²) in [5, 5.41) is 10.7. The average molecular weight is 370 g/mol. The lowest BCUT2D eigenvalue weighted by atomic mass is 9.92. The van der Waals surface area contributed by atoms with Crippen LogP contribution in [0.2, 0.25) is 0 Å². The molecule has 1 atom stereocenters. The van der Waals surface area contributed by atoms with Crippen LogP contribution in [-0.4, -0.2) is 51.5 Å². The van der Waals surface area contributed by atoms with Gasteiger partial charge in [0.05, 0.1) is 17.8 Å². The van der Waals surface area contributed by atoms with Crippen molar-refractivity contribution in [2.45, 2.75) is 25.7 Å². The lowest BCUT2D eigenvalue weighted by Gasteiger charge is -2.32. The molecule has 0 radical (unpaired) electrons. The zero-order chi connectivity index (χ0) is 18.3. The van der Waals surface area contributed by atoms with Crippen LogP contribution in [0.4, 0.5) is 0 Å². The van der Waals surface area contributed by atoms with Crippen molar-refractivity contribution in [3.05, 3.63) is 30.0 Å². The highest BCUT2D eigenvalue weighted by Gasteiger charge is 2.31. The van der Waals surface area contributed by atoms with E-state index in [9.17, 15) is 8.42 Å². The highest BCUT2D eigenvalue weighted by molar-refractivity contribution is 7.89. The van der Waals surface area contributed by atoms with Gasteiger partial charge in [0.25, 0.3) is 0 Å². The number of aromatic amines is 1. The first-order valence-electron chi connectivity index (χ1n) is 8.44. The van der Waals surface area contributed by atoms with Gasteiger partial charge in [-0.3, -0.25) is 0 Å². The summed E-state index contributed by atoms with van der Waals surface area (Å²) in [7, 11) is -3.55. The predicted molar refractivity (Wildman–Crippen MR) is 96.9 cm³/mol. The molecule has 1 fully saturated rings. The van der Waals surface area contributed by atoms with Gasteiger partial charge in [-0.15, -0.1) is 0 Å². The summed E-state index contributed by atoms with van der Waals surface area (Å²) in [5.74, 6) is 0.271. The standard InChI is InChI=1S/C17H18N6O2S/c1-11-21-14-9-20-17-13(4-6-19-17)15(14)16(22-11)12-3-2-7-23(10-12)26(24,25)8-5-18/h4,6,9,12H,2-3,7-8,10H2,1H3,(H,21,22). The third kappa shape index (κ3) is 2.81. The molecule has 9 heteroatoms. The summed E-state index contributed by atoms with van der Waals surface area (Å²) in [4.78, 5) is 16.5. The van der Waals surface area contributed by atoms with Crippen molar-refractivity contribution in [3.8, 4) is 6.07 Å². The number of nitrogens with one attached hydrogen (secondary N) is 1. The van der Waals surface area contributed by atoms with Crippen LogP contribution in [0.5, 0.6) is 0 Å². The number of hydrogen-bond acceptors (Lipinski definition) is 6. The Labute approximate surface area is 150 Å². The maximum Gasteiger partial charge on any atom is 0.227 e. The van der Waals surface area contributed by atoms with Gasteiger partial charge in [-0.25, -0.2) is 27.7 Å². The first-order valence-corrected chi connectivity index (χ1v) is 10.1. The van der Waals surface area contributed by atoms with E-state index in [-0.39, 0.29) is 5.92 Å². The summed E-state index contributed by atoms with van der Waals surface area (Å²) in [5.41, 5.74) is 2.39. The summed E-state index contributed by atoms with van der Waals surface area (Å²) in [6.45, 7) is 2.69. The van der Waals surface area contributed by atoms with Gasteiger partial charge in [0.15, 0.2) is 11.4 Å². The highest BCUT2D eigenvalue weighted by Crippen LogP contribution is 2.34. The molecule has 4 heterocycles. The minimum Gasteiger partial charge on any atom is -0.347 e. The van der Waals surface area contributed by atoms with E-state index in [2.05, 4.69) is 19.9 Å². The maximum atomic E-state index is 12.3. The van der Waals surface area contributed by atoms with Crippen molar-refractivity contribution in [2.75, 3.05) is 18.8 Å². The second kappa shape index (κ2) is 6.30. The SMILES string of the molecule is Cc1nc2cnc3nccc3c2c(C2CCCN(S(=O)(=O)CC#N)C2)[nH]1. The van der Waals surface area contributed by atoms with E-state index in [1.165, 1.54) is 4.31 Å². The lowest BCUT2D eigenvalue weighted by Crippen LogP contribution is -2.40. The van der Waals surface area contributed by atoms with Gasteiger partial charge < -0.3 is 4.98 Å². The second-order valence-corrected chi connectivity index (χ2v) is 8.52. The third-order valence-electron chi connectivity index (χ3n) is 4.82. The molecule has 0 aliphatic carbocycles. The zero-order valence-corrected chi connectivity index (χ0v) is 15.1. The van der Waals surface area contributed by atoms with Gasteiger partial charge in [-0.2, -0.15) is 5.26 Å². The topological polar surface area (TPSA) is 116 Å². The Morgan fingerprint density at radius 2 is 2.27 bits per heavy atom. The summed E-state index contributed by atoms with van der Waals surface area (Å²) in [6.07, 6.45) is 5.04. The molecule has 8 nitrogen and oxygen atoms in total. The molecule has 3 aromatic heterocycles. The Balaban J connectivity index is 1.83. The van der Waals surface area contributed by atoms with Crippen molar-refractivity contribution in [3.63, 3.8) is 0 Å². The number of hydrogen-bond donors (Lipinski definition) is 1. The van der Waals surface area contributed by atoms with E-state index >= 15 is 0 Å². The van der Waals surface area contributed by atoms with Crippen LogP contribution in [0.25, 0.3) is 21.9 Å². The van der Waals surface area contributed by atoms with E-state index in [4.69, 9.17) is 5.26 Å². The number of nitrogens with zero attached hydrogens (tertiary/aromatic N) is 5. The third-order valence-corrected chi connectivity index (χ3v) is 6.43. The van der Waals surface area contributed by atoms with Gasteiger partial charge >= 0.3 is 0 Å². The monoisotopic (exact) mass is 370 g/mol. The lowest BCUT2D eigenvalue weighted by molar-refractivity contribution is 0.314. The molecule has 1 aliphatic heterocycles. The second-order valence-electron chi connectivity index (χ2n) is 6.55. The Morgan fingerprint density at radius 1 is 1.42 bits per heavy atom. The Hall–Kier alpha value is -2.57. The van der Waals surface area contributed by atoms with Crippen LogP contribution >= 0.6 is 0 Å². The number of rotatable bonds is 3. The van der Waals surface area contributed by atoms with Crippen LogP contribution in [-0.2, 0) is 10.0 Å². The molecule has 0 saturated carbocycles. The average Bonchev–Trinajstić information content (AvgIpc) is 3.09. The minimum atomic E-state index is -3.55. The number of H-pyrrole nitrogens is 1. The minimum absolute atomic E-state index is 0.00178. The first-order chi connectivity index (χ1) is 12.5. The molecule has 0 bridgehead atoms. The van der Waals surface area contributed by atoms with E-state index in [0.717, 1.165) is 40.6 Å². The summed E-state index contributed by atoms with van der Waals surface area (Å²) in [6, 6.07) is 3.66. The number of aryl methyl sites for hydroxylation is 1. The van der Waals surface area contributed by atoms with E-state index in [0.29, 0.717) is 18.7 Å². The summed E-state index contributed by atoms with van der Waals surface area (Å²) < 4.78 is 26.1. The molecular weight excluding hydrogens is 352 g/mol. The molecule has 134 valence electrons. The van der Waals surface area contributed by atoms with Crippen LogP contribution < -0.4 is 0 Å². The molecular formula is C17H18N6O2S. The van der Waals surface area contributed by atoms with Crippen molar-refractivity contribution in [1.29, 1.82) is 5.26 Å². The smallest absolute Gasteiger partial charge is 0.227 e. The molecule has 1 unspecified atom stereocenters. The Morgan fingerprint density at radius 3 is 3.08 bits per heavy atom. The van der Waals surface area contributed by atoms with Crippen LogP contribution in [0.15, 0.2) is 18.5 Å². The van der Waals surface area contributed by atoms with E-state index in [1.54, 1.807) is 18.5 Å². The number of nitriles is 1.